The number of anilines is 1. The van der Waals surface area contributed by atoms with E-state index in [1.165, 1.54) is 27.3 Å². The number of nitrogens with one attached hydrogen (secondary N) is 1. The Labute approximate surface area is 178 Å². The first kappa shape index (κ1) is 20.0. The minimum Gasteiger partial charge on any atom is -0.360 e. The van der Waals surface area contributed by atoms with Gasteiger partial charge >= 0.3 is 0 Å². The lowest BCUT2D eigenvalue weighted by atomic mass is 10.1. The van der Waals surface area contributed by atoms with Crippen LogP contribution in [0.1, 0.15) is 22.4 Å². The van der Waals surface area contributed by atoms with E-state index in [4.69, 9.17) is 0 Å². The highest BCUT2D eigenvalue weighted by atomic mass is 32.2. The van der Waals surface area contributed by atoms with E-state index in [0.29, 0.717) is 0 Å². The molecular weight excluding hydrogens is 376 g/mol. The molecule has 5 heteroatoms. The van der Waals surface area contributed by atoms with Crippen LogP contribution in [0.15, 0.2) is 71.8 Å². The van der Waals surface area contributed by atoms with Crippen molar-refractivity contribution in [3.05, 3.63) is 89.2 Å². The minimum absolute atomic E-state index is 0.778. The summed E-state index contributed by atoms with van der Waals surface area (Å²) in [5, 5.41) is 3.53. The summed E-state index contributed by atoms with van der Waals surface area (Å²) < 4.78 is 0. The Balaban J connectivity index is 1.37. The molecule has 0 radical (unpaired) electrons. The van der Waals surface area contributed by atoms with Gasteiger partial charge in [0.2, 0.25) is 0 Å². The van der Waals surface area contributed by atoms with Crippen molar-refractivity contribution in [2.45, 2.75) is 31.1 Å². The van der Waals surface area contributed by atoms with Gasteiger partial charge in [0, 0.05) is 38.1 Å². The van der Waals surface area contributed by atoms with Crippen molar-refractivity contribution in [3.8, 4) is 0 Å². The molecule has 1 aromatic heterocycles. The van der Waals surface area contributed by atoms with Gasteiger partial charge in [0.1, 0.15) is 0 Å². The zero-order chi connectivity index (χ0) is 20.1. The van der Waals surface area contributed by atoms with E-state index < -0.39 is 0 Å². The maximum Gasteiger partial charge on any atom is 0.0710 e. The standard InChI is InChI=1S/C24H28N4S/c1-27-18-28(16-20-6-4-3-5-7-20)17-21-12-22(26-15-24(21)27)14-25-13-19-8-10-23(29-2)11-9-19/h3-12,15,25H,13-14,16-18H2,1-2H3. The van der Waals surface area contributed by atoms with Crippen LogP contribution in [0.2, 0.25) is 0 Å². The molecule has 0 atom stereocenters. The van der Waals surface area contributed by atoms with Crippen molar-refractivity contribution in [2.75, 3.05) is 24.9 Å². The van der Waals surface area contributed by atoms with Gasteiger partial charge in [0.05, 0.1) is 24.2 Å². The Morgan fingerprint density at radius 1 is 1.00 bits per heavy atom. The number of benzene rings is 2. The molecule has 0 unspecified atom stereocenters. The molecule has 0 fully saturated rings. The Bertz CT molecular complexity index is 927. The van der Waals surface area contributed by atoms with Crippen molar-refractivity contribution in [1.29, 1.82) is 0 Å². The molecule has 1 aliphatic rings. The van der Waals surface area contributed by atoms with E-state index in [9.17, 15) is 0 Å². The molecule has 4 nitrogen and oxygen atoms in total. The summed E-state index contributed by atoms with van der Waals surface area (Å²) >= 11 is 1.77. The lowest BCUT2D eigenvalue weighted by Crippen LogP contribution is -2.39. The summed E-state index contributed by atoms with van der Waals surface area (Å²) in [6.45, 7) is 4.48. The van der Waals surface area contributed by atoms with Crippen LogP contribution in [-0.4, -0.2) is 29.9 Å². The second kappa shape index (κ2) is 9.44. The van der Waals surface area contributed by atoms with E-state index in [0.717, 1.165) is 38.5 Å². The van der Waals surface area contributed by atoms with Crippen LogP contribution in [0.25, 0.3) is 0 Å². The first-order chi connectivity index (χ1) is 14.2. The van der Waals surface area contributed by atoms with Crippen molar-refractivity contribution >= 4 is 17.4 Å². The van der Waals surface area contributed by atoms with E-state index >= 15 is 0 Å². The first-order valence-electron chi connectivity index (χ1n) is 10.00. The fraction of sp³-hybridized carbons (Fsp3) is 0.292. The van der Waals surface area contributed by atoms with Crippen LogP contribution in [0.5, 0.6) is 0 Å². The third kappa shape index (κ3) is 5.18. The zero-order valence-electron chi connectivity index (χ0n) is 17.1. The predicted octanol–water partition coefficient (Wildman–Crippen LogP) is 4.50. The fourth-order valence-corrected chi connectivity index (χ4v) is 4.21. The van der Waals surface area contributed by atoms with Crippen LogP contribution in [0, 0.1) is 0 Å². The molecule has 0 bridgehead atoms. The largest absolute Gasteiger partial charge is 0.360 e. The average molecular weight is 405 g/mol. The molecule has 1 N–H and O–H groups in total. The third-order valence-electron chi connectivity index (χ3n) is 5.28. The lowest BCUT2D eigenvalue weighted by molar-refractivity contribution is 0.248. The molecule has 3 aromatic rings. The molecule has 0 saturated carbocycles. The van der Waals surface area contributed by atoms with Gasteiger partial charge in [-0.3, -0.25) is 9.88 Å². The number of pyridine rings is 1. The smallest absolute Gasteiger partial charge is 0.0710 e. The predicted molar refractivity (Wildman–Crippen MR) is 122 cm³/mol. The molecule has 0 spiro atoms. The number of rotatable bonds is 7. The maximum atomic E-state index is 4.68. The van der Waals surface area contributed by atoms with Crippen molar-refractivity contribution < 1.29 is 0 Å². The molecule has 0 amide bonds. The second-order valence-corrected chi connectivity index (χ2v) is 8.45. The number of fused-ring (bicyclic) bond motifs is 1. The third-order valence-corrected chi connectivity index (χ3v) is 6.03. The molecule has 29 heavy (non-hydrogen) atoms. The quantitative estimate of drug-likeness (QED) is 0.586. The second-order valence-electron chi connectivity index (χ2n) is 7.57. The Kier molecular flexibility index (Phi) is 6.49. The van der Waals surface area contributed by atoms with Crippen LogP contribution >= 0.6 is 11.8 Å². The number of thioether (sulfide) groups is 1. The zero-order valence-corrected chi connectivity index (χ0v) is 18.0. The molecule has 2 heterocycles. The SMILES string of the molecule is CSc1ccc(CNCc2cc3c(cn2)N(C)CN(Cc2ccccc2)C3)cc1. The number of hydrogen-bond donors (Lipinski definition) is 1. The van der Waals surface area contributed by atoms with Gasteiger partial charge in [-0.1, -0.05) is 42.5 Å². The molecule has 2 aromatic carbocycles. The molecule has 4 rings (SSSR count). The minimum atomic E-state index is 0.778. The van der Waals surface area contributed by atoms with Gasteiger partial charge in [0.15, 0.2) is 0 Å². The van der Waals surface area contributed by atoms with Gasteiger partial charge in [-0.2, -0.15) is 0 Å². The molecule has 150 valence electrons. The highest BCUT2D eigenvalue weighted by Crippen LogP contribution is 2.27. The first-order valence-corrected chi connectivity index (χ1v) is 11.2. The van der Waals surface area contributed by atoms with Crippen molar-refractivity contribution in [3.63, 3.8) is 0 Å². The van der Waals surface area contributed by atoms with Crippen LogP contribution in [0.4, 0.5) is 5.69 Å². The van der Waals surface area contributed by atoms with Gasteiger partial charge in [-0.25, -0.2) is 0 Å². The Hall–Kier alpha value is -2.34. The topological polar surface area (TPSA) is 31.4 Å². The summed E-state index contributed by atoms with van der Waals surface area (Å²) in [6.07, 6.45) is 4.13. The molecule has 0 aliphatic carbocycles. The molecular formula is C24H28N4S. The lowest BCUT2D eigenvalue weighted by Gasteiger charge is -2.36. The summed E-state index contributed by atoms with van der Waals surface area (Å²) in [5.74, 6) is 0. The van der Waals surface area contributed by atoms with E-state index in [1.54, 1.807) is 11.8 Å². The van der Waals surface area contributed by atoms with Crippen LogP contribution in [0.3, 0.4) is 0 Å². The summed E-state index contributed by atoms with van der Waals surface area (Å²) in [4.78, 5) is 10.7. The monoisotopic (exact) mass is 404 g/mol. The number of aromatic nitrogens is 1. The van der Waals surface area contributed by atoms with Gasteiger partial charge in [0.25, 0.3) is 0 Å². The van der Waals surface area contributed by atoms with Crippen molar-refractivity contribution in [1.82, 2.24) is 15.2 Å². The highest BCUT2D eigenvalue weighted by molar-refractivity contribution is 7.98. The van der Waals surface area contributed by atoms with Crippen LogP contribution < -0.4 is 10.2 Å². The van der Waals surface area contributed by atoms with E-state index in [1.807, 2.05) is 6.20 Å². The van der Waals surface area contributed by atoms with Crippen molar-refractivity contribution in [2.24, 2.45) is 0 Å². The molecule has 1 aliphatic heterocycles. The average Bonchev–Trinajstić information content (AvgIpc) is 2.75. The summed E-state index contributed by atoms with van der Waals surface area (Å²) in [7, 11) is 2.15. The van der Waals surface area contributed by atoms with Gasteiger partial charge in [-0.05, 0) is 41.1 Å². The fourth-order valence-electron chi connectivity index (χ4n) is 3.80. The van der Waals surface area contributed by atoms with E-state index in [2.05, 4.69) is 94.1 Å². The number of nitrogens with zero attached hydrogens (tertiary/aromatic N) is 3. The van der Waals surface area contributed by atoms with Crippen LogP contribution in [-0.2, 0) is 26.2 Å². The van der Waals surface area contributed by atoms with Gasteiger partial charge < -0.3 is 10.2 Å². The Morgan fingerprint density at radius 3 is 2.55 bits per heavy atom. The molecule has 0 saturated heterocycles. The van der Waals surface area contributed by atoms with Gasteiger partial charge in [-0.15, -0.1) is 11.8 Å². The Morgan fingerprint density at radius 2 is 1.79 bits per heavy atom. The maximum absolute atomic E-state index is 4.68. The summed E-state index contributed by atoms with van der Waals surface area (Å²) in [6, 6.07) is 21.7. The normalized spacial score (nSPS) is 14.1. The highest BCUT2D eigenvalue weighted by Gasteiger charge is 2.20. The summed E-state index contributed by atoms with van der Waals surface area (Å²) in [5.41, 5.74) is 6.35. The number of hydrogen-bond acceptors (Lipinski definition) is 5. The van der Waals surface area contributed by atoms with E-state index in [-0.39, 0.29) is 0 Å².